The van der Waals surface area contributed by atoms with Crippen molar-refractivity contribution in [3.63, 3.8) is 0 Å². The first-order valence-corrected chi connectivity index (χ1v) is 13.2. The van der Waals surface area contributed by atoms with E-state index < -0.39 is 0 Å². The maximum Gasteiger partial charge on any atom is 0.143 e. The number of fused-ring (bicyclic) bond motifs is 3. The van der Waals surface area contributed by atoms with Gasteiger partial charge in [-0.15, -0.1) is 0 Å². The molecular formula is C27H33N7O. The third kappa shape index (κ3) is 4.29. The molecule has 0 unspecified atom stereocenters. The molecule has 8 heteroatoms. The smallest absolute Gasteiger partial charge is 0.143 e. The first kappa shape index (κ1) is 21.3. The van der Waals surface area contributed by atoms with Gasteiger partial charge in [-0.1, -0.05) is 6.07 Å². The van der Waals surface area contributed by atoms with Crippen LogP contribution in [0.2, 0.25) is 0 Å². The van der Waals surface area contributed by atoms with Crippen LogP contribution in [-0.2, 0) is 11.3 Å². The van der Waals surface area contributed by atoms with E-state index in [2.05, 4.69) is 54.4 Å². The Hall–Kier alpha value is -2.97. The highest BCUT2D eigenvalue weighted by Crippen LogP contribution is 2.35. The number of nitrogens with zero attached hydrogens (tertiary/aromatic N) is 5. The predicted octanol–water partition coefficient (Wildman–Crippen LogP) is 4.44. The minimum atomic E-state index is 0.444. The zero-order chi connectivity index (χ0) is 23.2. The highest BCUT2D eigenvalue weighted by molar-refractivity contribution is 6.12. The molecule has 7 rings (SSSR count). The number of rotatable bonds is 6. The number of ether oxygens (including phenoxy) is 1. The molecule has 1 aliphatic heterocycles. The van der Waals surface area contributed by atoms with E-state index in [4.69, 9.17) is 9.72 Å². The SMILES string of the molecule is c1nc(NC2CCC(N3CCOCC3)CC2)c2c(n1)[nH]c1ccc(-c3cnn(CC4CC4)c3)cc12. The average molecular weight is 472 g/mol. The lowest BCUT2D eigenvalue weighted by atomic mass is 9.90. The summed E-state index contributed by atoms with van der Waals surface area (Å²) in [4.78, 5) is 15.4. The molecule has 0 amide bonds. The van der Waals surface area contributed by atoms with Crippen LogP contribution in [0.15, 0.2) is 36.9 Å². The molecule has 1 saturated heterocycles. The Balaban J connectivity index is 1.13. The van der Waals surface area contributed by atoms with Crippen LogP contribution in [0.4, 0.5) is 5.82 Å². The lowest BCUT2D eigenvalue weighted by Crippen LogP contribution is -2.46. The summed E-state index contributed by atoms with van der Waals surface area (Å²) in [6, 6.07) is 7.72. The van der Waals surface area contributed by atoms with E-state index in [-0.39, 0.29) is 0 Å². The molecule has 4 aromatic rings. The Morgan fingerprint density at radius 1 is 1.00 bits per heavy atom. The molecule has 35 heavy (non-hydrogen) atoms. The van der Waals surface area contributed by atoms with Crippen LogP contribution in [0.3, 0.4) is 0 Å². The molecule has 0 atom stereocenters. The minimum Gasteiger partial charge on any atom is -0.379 e. The van der Waals surface area contributed by atoms with Crippen molar-refractivity contribution in [3.8, 4) is 11.1 Å². The van der Waals surface area contributed by atoms with E-state index in [1.807, 2.05) is 6.20 Å². The van der Waals surface area contributed by atoms with Crippen molar-refractivity contribution in [2.24, 2.45) is 5.92 Å². The van der Waals surface area contributed by atoms with Crippen molar-refractivity contribution in [2.45, 2.75) is 57.2 Å². The fourth-order valence-electron chi connectivity index (χ4n) is 5.91. The van der Waals surface area contributed by atoms with Gasteiger partial charge < -0.3 is 15.0 Å². The zero-order valence-electron chi connectivity index (χ0n) is 20.1. The van der Waals surface area contributed by atoms with Crippen LogP contribution in [0.1, 0.15) is 38.5 Å². The molecule has 3 aliphatic rings. The number of aromatic amines is 1. The second kappa shape index (κ2) is 8.91. The summed E-state index contributed by atoms with van der Waals surface area (Å²) >= 11 is 0. The summed E-state index contributed by atoms with van der Waals surface area (Å²) < 4.78 is 7.63. The van der Waals surface area contributed by atoms with Crippen molar-refractivity contribution in [1.29, 1.82) is 0 Å². The number of nitrogens with one attached hydrogen (secondary N) is 2. The van der Waals surface area contributed by atoms with Crippen molar-refractivity contribution in [3.05, 3.63) is 36.9 Å². The van der Waals surface area contributed by atoms with Gasteiger partial charge in [-0.3, -0.25) is 9.58 Å². The highest BCUT2D eigenvalue weighted by Gasteiger charge is 2.27. The monoisotopic (exact) mass is 471 g/mol. The second-order valence-electron chi connectivity index (χ2n) is 10.5. The summed E-state index contributed by atoms with van der Waals surface area (Å²) in [5.74, 6) is 1.76. The van der Waals surface area contributed by atoms with E-state index in [0.29, 0.717) is 12.1 Å². The van der Waals surface area contributed by atoms with Crippen LogP contribution < -0.4 is 5.32 Å². The Morgan fingerprint density at radius 3 is 2.69 bits per heavy atom. The van der Waals surface area contributed by atoms with Gasteiger partial charge in [-0.05, 0) is 62.1 Å². The lowest BCUT2D eigenvalue weighted by molar-refractivity contribution is 0.00791. The van der Waals surface area contributed by atoms with Gasteiger partial charge in [-0.2, -0.15) is 5.10 Å². The largest absolute Gasteiger partial charge is 0.379 e. The van der Waals surface area contributed by atoms with Crippen molar-refractivity contribution in [2.75, 3.05) is 31.6 Å². The number of morpholine rings is 1. The number of H-pyrrole nitrogens is 1. The summed E-state index contributed by atoms with van der Waals surface area (Å²) in [5.41, 5.74) is 4.32. The Bertz CT molecular complexity index is 1330. The quantitative estimate of drug-likeness (QED) is 0.433. The Morgan fingerprint density at radius 2 is 1.86 bits per heavy atom. The Labute approximate surface area is 205 Å². The van der Waals surface area contributed by atoms with E-state index in [1.54, 1.807) is 6.33 Å². The van der Waals surface area contributed by atoms with E-state index in [0.717, 1.165) is 72.1 Å². The molecular weight excluding hydrogens is 438 g/mol. The molecule has 0 radical (unpaired) electrons. The van der Waals surface area contributed by atoms with E-state index in [1.165, 1.54) is 44.1 Å². The van der Waals surface area contributed by atoms with Gasteiger partial charge in [0.25, 0.3) is 0 Å². The number of hydrogen-bond acceptors (Lipinski definition) is 6. The fraction of sp³-hybridized carbons (Fsp3) is 0.519. The number of hydrogen-bond donors (Lipinski definition) is 2. The van der Waals surface area contributed by atoms with Crippen LogP contribution >= 0.6 is 0 Å². The molecule has 1 aromatic carbocycles. The van der Waals surface area contributed by atoms with Crippen molar-refractivity contribution >= 4 is 27.8 Å². The molecule has 3 aromatic heterocycles. The fourth-order valence-corrected chi connectivity index (χ4v) is 5.91. The maximum atomic E-state index is 5.54. The first-order valence-electron chi connectivity index (χ1n) is 13.2. The summed E-state index contributed by atoms with van der Waals surface area (Å²) in [7, 11) is 0. The number of benzene rings is 1. The van der Waals surface area contributed by atoms with Gasteiger partial charge in [0.2, 0.25) is 0 Å². The van der Waals surface area contributed by atoms with Crippen LogP contribution in [0.5, 0.6) is 0 Å². The Kier molecular flexibility index (Phi) is 5.43. The topological polar surface area (TPSA) is 83.9 Å². The van der Waals surface area contributed by atoms with Gasteiger partial charge in [0.1, 0.15) is 17.8 Å². The summed E-state index contributed by atoms with van der Waals surface area (Å²) in [5, 5.41) is 10.6. The van der Waals surface area contributed by atoms with Gasteiger partial charge in [0.15, 0.2) is 0 Å². The molecule has 4 heterocycles. The highest BCUT2D eigenvalue weighted by atomic mass is 16.5. The first-order chi connectivity index (χ1) is 17.3. The molecule has 2 aliphatic carbocycles. The number of aromatic nitrogens is 5. The molecule has 2 N–H and O–H groups in total. The van der Waals surface area contributed by atoms with Crippen molar-refractivity contribution < 1.29 is 4.74 Å². The standard InChI is InChI=1S/C27H33N7O/c1-2-18(1)15-34-16-20(14-30-34)19-3-8-24-23(13-19)25-26(28-17-29-27(25)32-24)31-21-4-6-22(7-5-21)33-9-11-35-12-10-33/h3,8,13-14,16-18,21-22H,1-2,4-7,9-12,15H2,(H2,28,29,31,32). The zero-order valence-corrected chi connectivity index (χ0v) is 20.1. The number of anilines is 1. The maximum absolute atomic E-state index is 5.54. The van der Waals surface area contributed by atoms with Gasteiger partial charge in [0, 0.05) is 54.4 Å². The molecule has 8 nitrogen and oxygen atoms in total. The molecule has 0 bridgehead atoms. The average Bonchev–Trinajstić information content (AvgIpc) is 3.45. The predicted molar refractivity (Wildman–Crippen MR) is 137 cm³/mol. The minimum absolute atomic E-state index is 0.444. The molecule has 3 fully saturated rings. The molecule has 0 spiro atoms. The second-order valence-corrected chi connectivity index (χ2v) is 10.5. The van der Waals surface area contributed by atoms with Crippen LogP contribution in [0.25, 0.3) is 33.1 Å². The van der Waals surface area contributed by atoms with Gasteiger partial charge in [-0.25, -0.2) is 9.97 Å². The molecule has 182 valence electrons. The third-order valence-corrected chi connectivity index (χ3v) is 8.10. The van der Waals surface area contributed by atoms with E-state index in [9.17, 15) is 0 Å². The third-order valence-electron chi connectivity index (χ3n) is 8.10. The van der Waals surface area contributed by atoms with Gasteiger partial charge in [0.05, 0.1) is 24.8 Å². The summed E-state index contributed by atoms with van der Waals surface area (Å²) in [6.07, 6.45) is 13.3. The normalized spacial score (nSPS) is 23.8. The van der Waals surface area contributed by atoms with Crippen molar-refractivity contribution in [1.82, 2.24) is 29.6 Å². The molecule has 2 saturated carbocycles. The van der Waals surface area contributed by atoms with Gasteiger partial charge >= 0.3 is 0 Å². The van der Waals surface area contributed by atoms with Crippen LogP contribution in [0, 0.1) is 5.92 Å². The summed E-state index contributed by atoms with van der Waals surface area (Å²) in [6.45, 7) is 4.94. The van der Waals surface area contributed by atoms with Crippen LogP contribution in [-0.4, -0.2) is 68.0 Å². The lowest BCUT2D eigenvalue weighted by Gasteiger charge is -2.39. The van der Waals surface area contributed by atoms with E-state index >= 15 is 0 Å².